The van der Waals surface area contributed by atoms with Gasteiger partial charge >= 0.3 is 0 Å². The first-order chi connectivity index (χ1) is 14.8. The topological polar surface area (TPSA) is 47.6 Å². The van der Waals surface area contributed by atoms with Crippen LogP contribution in [-0.2, 0) is 6.42 Å². The molecule has 0 bridgehead atoms. The second-order valence-corrected chi connectivity index (χ2v) is 7.52. The van der Waals surface area contributed by atoms with E-state index in [9.17, 15) is 10.5 Å². The van der Waals surface area contributed by atoms with Crippen molar-refractivity contribution in [1.29, 1.82) is 10.5 Å². The van der Waals surface area contributed by atoms with Crippen molar-refractivity contribution in [2.24, 2.45) is 5.92 Å². The Morgan fingerprint density at radius 3 is 2.17 bits per heavy atom. The maximum Gasteiger partial charge on any atom is 0.133 e. The highest BCUT2D eigenvalue weighted by molar-refractivity contribution is 5.80. The van der Waals surface area contributed by atoms with Gasteiger partial charge in [0.05, 0.1) is 0 Å². The number of benzene rings is 3. The first-order valence-corrected chi connectivity index (χ1v) is 10.2. The van der Waals surface area contributed by atoms with Gasteiger partial charge in [-0.25, -0.2) is 0 Å². The summed E-state index contributed by atoms with van der Waals surface area (Å²) in [4.78, 5) is 0. The van der Waals surface area contributed by atoms with E-state index < -0.39 is 0 Å². The molecule has 1 aliphatic rings. The van der Waals surface area contributed by atoms with Gasteiger partial charge in [0, 0.05) is 5.92 Å². The van der Waals surface area contributed by atoms with Crippen molar-refractivity contribution in [1.82, 2.24) is 0 Å². The first kappa shape index (κ1) is 19.4. The number of nitriles is 2. The quantitative estimate of drug-likeness (QED) is 0.478. The van der Waals surface area contributed by atoms with E-state index in [-0.39, 0.29) is 17.4 Å². The Labute approximate surface area is 178 Å². The maximum absolute atomic E-state index is 9.73. The third-order valence-corrected chi connectivity index (χ3v) is 5.81. The molecule has 0 amide bonds. The van der Waals surface area contributed by atoms with Crippen molar-refractivity contribution in [2.45, 2.75) is 18.8 Å². The van der Waals surface area contributed by atoms with Gasteiger partial charge in [0.2, 0.25) is 0 Å². The molecular formula is C28H22N2. The molecule has 1 aliphatic carbocycles. The third kappa shape index (κ3) is 3.95. The molecule has 0 aromatic heterocycles. The van der Waals surface area contributed by atoms with Crippen molar-refractivity contribution in [3.63, 3.8) is 0 Å². The van der Waals surface area contributed by atoms with Crippen LogP contribution in [0.25, 0.3) is 11.6 Å². The van der Waals surface area contributed by atoms with E-state index in [0.717, 1.165) is 29.5 Å². The summed E-state index contributed by atoms with van der Waals surface area (Å²) in [6.45, 7) is 0. The summed E-state index contributed by atoms with van der Waals surface area (Å²) in [6, 6.07) is 33.1. The Bertz CT molecular complexity index is 1140. The molecule has 3 aromatic rings. The fourth-order valence-corrected chi connectivity index (χ4v) is 4.41. The van der Waals surface area contributed by atoms with E-state index in [1.807, 2.05) is 48.5 Å². The Morgan fingerprint density at radius 2 is 1.47 bits per heavy atom. The summed E-state index contributed by atoms with van der Waals surface area (Å²) >= 11 is 0. The van der Waals surface area contributed by atoms with E-state index in [4.69, 9.17) is 0 Å². The summed E-state index contributed by atoms with van der Waals surface area (Å²) in [5, 5.41) is 19.5. The molecule has 4 rings (SSSR count). The molecule has 0 radical (unpaired) electrons. The van der Waals surface area contributed by atoms with Crippen molar-refractivity contribution in [2.75, 3.05) is 0 Å². The van der Waals surface area contributed by atoms with Gasteiger partial charge in [0.1, 0.15) is 17.7 Å². The lowest BCUT2D eigenvalue weighted by Gasteiger charge is -2.33. The third-order valence-electron chi connectivity index (χ3n) is 5.81. The summed E-state index contributed by atoms with van der Waals surface area (Å²) in [7, 11) is 0. The standard InChI is InChI=1S/C28H22N2/c29-19-24(20-30)28-26-14-8-7-13-23(26)16-18-27(28)25(22-11-5-2-6-12-22)17-15-21-9-3-1-4-10-21/h1-15,17,25,27H,16,18H2. The monoisotopic (exact) mass is 386 g/mol. The molecule has 2 heteroatoms. The van der Waals surface area contributed by atoms with Crippen LogP contribution in [0, 0.1) is 28.6 Å². The van der Waals surface area contributed by atoms with Crippen LogP contribution in [0.15, 0.2) is 96.6 Å². The van der Waals surface area contributed by atoms with Gasteiger partial charge in [-0.15, -0.1) is 0 Å². The number of hydrogen-bond acceptors (Lipinski definition) is 2. The summed E-state index contributed by atoms with van der Waals surface area (Å²) in [5.41, 5.74) is 5.70. The van der Waals surface area contributed by atoms with Gasteiger partial charge in [0.15, 0.2) is 0 Å². The normalized spacial score (nSPS) is 16.3. The number of aryl methyl sites for hydroxylation is 1. The number of fused-ring (bicyclic) bond motifs is 1. The van der Waals surface area contributed by atoms with Crippen LogP contribution in [-0.4, -0.2) is 0 Å². The largest absolute Gasteiger partial charge is 0.192 e. The van der Waals surface area contributed by atoms with Crippen molar-refractivity contribution in [3.8, 4) is 12.1 Å². The lowest BCUT2D eigenvalue weighted by molar-refractivity contribution is 0.538. The van der Waals surface area contributed by atoms with Crippen LogP contribution in [0.5, 0.6) is 0 Å². The van der Waals surface area contributed by atoms with Gasteiger partial charge in [-0.2, -0.15) is 10.5 Å². The molecular weight excluding hydrogens is 364 g/mol. The van der Waals surface area contributed by atoms with Crippen LogP contribution in [0.3, 0.4) is 0 Å². The predicted octanol–water partition coefficient (Wildman–Crippen LogP) is 6.55. The minimum absolute atomic E-state index is 0.0663. The lowest BCUT2D eigenvalue weighted by atomic mass is 9.70. The minimum atomic E-state index is 0.0663. The van der Waals surface area contributed by atoms with Crippen LogP contribution in [0.2, 0.25) is 0 Å². The molecule has 0 N–H and O–H groups in total. The van der Waals surface area contributed by atoms with Crippen LogP contribution < -0.4 is 0 Å². The molecule has 30 heavy (non-hydrogen) atoms. The molecule has 0 fully saturated rings. The molecule has 144 valence electrons. The van der Waals surface area contributed by atoms with E-state index in [1.165, 1.54) is 11.1 Å². The van der Waals surface area contributed by atoms with E-state index in [2.05, 4.69) is 60.7 Å². The van der Waals surface area contributed by atoms with Gasteiger partial charge in [-0.3, -0.25) is 0 Å². The van der Waals surface area contributed by atoms with Crippen molar-refractivity contribution in [3.05, 3.63) is 119 Å². The molecule has 0 spiro atoms. The summed E-state index contributed by atoms with van der Waals surface area (Å²) < 4.78 is 0. The minimum Gasteiger partial charge on any atom is -0.192 e. The molecule has 0 aliphatic heterocycles. The fraction of sp³-hybridized carbons (Fsp3) is 0.143. The van der Waals surface area contributed by atoms with Crippen LogP contribution in [0.4, 0.5) is 0 Å². The van der Waals surface area contributed by atoms with Gasteiger partial charge < -0.3 is 0 Å². The van der Waals surface area contributed by atoms with E-state index >= 15 is 0 Å². The average molecular weight is 386 g/mol. The smallest absolute Gasteiger partial charge is 0.133 e. The second-order valence-electron chi connectivity index (χ2n) is 7.52. The van der Waals surface area contributed by atoms with Crippen molar-refractivity contribution < 1.29 is 0 Å². The van der Waals surface area contributed by atoms with Gasteiger partial charge in [-0.05, 0) is 46.6 Å². The number of rotatable bonds is 4. The maximum atomic E-state index is 9.73. The van der Waals surface area contributed by atoms with Crippen LogP contribution in [0.1, 0.15) is 34.6 Å². The zero-order valence-electron chi connectivity index (χ0n) is 16.7. The second kappa shape index (κ2) is 9.08. The Balaban J connectivity index is 1.85. The molecule has 0 saturated carbocycles. The summed E-state index contributed by atoms with van der Waals surface area (Å²) in [6.07, 6.45) is 6.22. The number of nitrogens with zero attached hydrogens (tertiary/aromatic N) is 2. The zero-order chi connectivity index (χ0) is 20.8. The summed E-state index contributed by atoms with van der Waals surface area (Å²) in [5.74, 6) is 0.142. The highest BCUT2D eigenvalue weighted by Gasteiger charge is 2.32. The van der Waals surface area contributed by atoms with Gasteiger partial charge in [0.25, 0.3) is 0 Å². The lowest BCUT2D eigenvalue weighted by Crippen LogP contribution is -2.20. The Morgan fingerprint density at radius 1 is 0.833 bits per heavy atom. The van der Waals surface area contributed by atoms with Gasteiger partial charge in [-0.1, -0.05) is 97.1 Å². The molecule has 2 unspecified atom stereocenters. The number of allylic oxidation sites excluding steroid dienone is 3. The highest BCUT2D eigenvalue weighted by Crippen LogP contribution is 2.45. The molecule has 2 atom stereocenters. The predicted molar refractivity (Wildman–Crippen MR) is 121 cm³/mol. The average Bonchev–Trinajstić information content (AvgIpc) is 2.82. The Kier molecular flexibility index (Phi) is 5.88. The fourth-order valence-electron chi connectivity index (χ4n) is 4.41. The van der Waals surface area contributed by atoms with E-state index in [1.54, 1.807) is 0 Å². The van der Waals surface area contributed by atoms with E-state index in [0.29, 0.717) is 0 Å². The number of hydrogen-bond donors (Lipinski definition) is 0. The zero-order valence-corrected chi connectivity index (χ0v) is 16.7. The Hall–Kier alpha value is -3.88. The first-order valence-electron chi connectivity index (χ1n) is 10.2. The highest BCUT2D eigenvalue weighted by atomic mass is 14.4. The van der Waals surface area contributed by atoms with Crippen LogP contribution >= 0.6 is 0 Å². The molecule has 0 heterocycles. The molecule has 0 saturated heterocycles. The van der Waals surface area contributed by atoms with Crippen molar-refractivity contribution >= 4 is 11.6 Å². The molecule has 2 nitrogen and oxygen atoms in total. The molecule has 3 aromatic carbocycles. The SMILES string of the molecule is N#CC(C#N)=C1c2ccccc2CCC1C(C=Cc1ccccc1)c1ccccc1.